The summed E-state index contributed by atoms with van der Waals surface area (Å²) < 4.78 is 85.9. The molecular weight excluding hydrogens is 545 g/mol. The number of aliphatic imine (C=N–C) groups is 1. The Kier molecular flexibility index (Phi) is 4.02. The molecule has 2 aliphatic heterocycles. The summed E-state index contributed by atoms with van der Waals surface area (Å²) in [6, 6.07) is 4.28. The zero-order chi connectivity index (χ0) is 24.7. The van der Waals surface area contributed by atoms with E-state index in [0.29, 0.717) is 9.80 Å². The van der Waals surface area contributed by atoms with E-state index in [1.165, 1.54) is 12.1 Å². The first-order chi connectivity index (χ1) is 15.1. The van der Waals surface area contributed by atoms with Gasteiger partial charge in [-0.25, -0.2) is 4.39 Å². The van der Waals surface area contributed by atoms with Crippen molar-refractivity contribution < 1.29 is 27.8 Å². The van der Waals surface area contributed by atoms with Crippen molar-refractivity contribution in [2.75, 3.05) is 29.3 Å². The third-order valence-electron chi connectivity index (χ3n) is 4.18. The molecule has 0 amide bonds. The molecule has 0 saturated carbocycles. The zero-order valence-corrected chi connectivity index (χ0v) is 17.8. The number of rotatable bonds is 3. The smallest absolute Gasteiger partial charge is 0.307 e. The van der Waals surface area contributed by atoms with Crippen LogP contribution in [0.1, 0.15) is 21.4 Å². The molecule has 2 aromatic carbocycles. The molecule has 4 rings (SSSR count). The summed E-state index contributed by atoms with van der Waals surface area (Å²) in [5.41, 5.74) is -0.788. The van der Waals surface area contributed by atoms with Crippen LogP contribution in [0.2, 0.25) is 5.02 Å². The number of anilines is 2. The molecule has 29 heavy (non-hydrogen) atoms. The van der Waals surface area contributed by atoms with Crippen LogP contribution in [0, 0.1) is 5.82 Å². The standard InChI is InChI=1S/C18H10Br2ClF4N3O/c19-10-6-12-15(27-4-3-26-17(27)28(12)7-18(23,24)25)14(20)13(10)16(29)9-5-8(22)1-2-11(9)21/h1-2,5-6H,3-4,7H2/i3D2,4D2. The third-order valence-corrected chi connectivity index (χ3v) is 5.91. The van der Waals surface area contributed by atoms with E-state index in [9.17, 15) is 22.4 Å². The van der Waals surface area contributed by atoms with Crippen LogP contribution in [0.25, 0.3) is 0 Å². The van der Waals surface area contributed by atoms with Crippen LogP contribution in [-0.2, 0) is 0 Å². The maximum absolute atomic E-state index is 13.8. The maximum atomic E-state index is 13.8. The number of benzene rings is 2. The number of hydrogen-bond acceptors (Lipinski definition) is 4. The van der Waals surface area contributed by atoms with Crippen LogP contribution in [0.15, 0.2) is 38.2 Å². The topological polar surface area (TPSA) is 35.9 Å². The molecule has 2 heterocycles. The molecule has 0 aromatic heterocycles. The first kappa shape index (κ1) is 16.1. The Bertz CT molecular complexity index is 1240. The SMILES string of the molecule is [2H]C1([2H])N=C2N(CC(F)(F)F)c3cc(Br)c(C(=O)c4cc(F)ccc4Cl)c(Br)c3N2C1([2H])[2H]. The minimum Gasteiger partial charge on any atom is -0.307 e. The van der Waals surface area contributed by atoms with Gasteiger partial charge in [-0.2, -0.15) is 13.2 Å². The lowest BCUT2D eigenvalue weighted by atomic mass is 10.0. The number of guanidine groups is 1. The van der Waals surface area contributed by atoms with Crippen molar-refractivity contribution in [3.8, 4) is 0 Å². The average Bonchev–Trinajstić information content (AvgIpc) is 3.04. The molecule has 0 unspecified atom stereocenters. The van der Waals surface area contributed by atoms with Gasteiger partial charge in [-0.15, -0.1) is 0 Å². The summed E-state index contributed by atoms with van der Waals surface area (Å²) in [6.07, 6.45) is -4.74. The van der Waals surface area contributed by atoms with Crippen LogP contribution >= 0.6 is 43.5 Å². The lowest BCUT2D eigenvalue weighted by Gasteiger charge is -2.21. The number of fused-ring (bicyclic) bond motifs is 3. The highest BCUT2D eigenvalue weighted by Gasteiger charge is 2.44. The second kappa shape index (κ2) is 7.24. The Labute approximate surface area is 190 Å². The number of ketones is 1. The quantitative estimate of drug-likeness (QED) is 0.353. The van der Waals surface area contributed by atoms with Gasteiger partial charge < -0.3 is 9.80 Å². The van der Waals surface area contributed by atoms with Crippen molar-refractivity contribution in [3.63, 3.8) is 0 Å². The fraction of sp³-hybridized carbons (Fsp3) is 0.222. The summed E-state index contributed by atoms with van der Waals surface area (Å²) in [6.45, 7) is -7.35. The van der Waals surface area contributed by atoms with Crippen molar-refractivity contribution in [2.24, 2.45) is 4.99 Å². The van der Waals surface area contributed by atoms with Gasteiger partial charge in [-0.1, -0.05) is 11.6 Å². The van der Waals surface area contributed by atoms with Gasteiger partial charge in [0, 0.05) is 16.5 Å². The largest absolute Gasteiger partial charge is 0.406 e. The van der Waals surface area contributed by atoms with Crippen LogP contribution in [0.3, 0.4) is 0 Å². The number of nitrogens with zero attached hydrogens (tertiary/aromatic N) is 3. The molecule has 0 bridgehead atoms. The average molecular weight is 560 g/mol. The molecule has 0 aliphatic carbocycles. The predicted molar refractivity (Wildman–Crippen MR) is 110 cm³/mol. The van der Waals surface area contributed by atoms with Crippen LogP contribution < -0.4 is 9.80 Å². The van der Waals surface area contributed by atoms with Gasteiger partial charge in [-0.05, 0) is 56.1 Å². The van der Waals surface area contributed by atoms with Gasteiger partial charge in [0.15, 0.2) is 5.78 Å². The van der Waals surface area contributed by atoms with E-state index in [2.05, 4.69) is 36.9 Å². The fourth-order valence-corrected chi connectivity index (χ4v) is 4.87. The van der Waals surface area contributed by atoms with Gasteiger partial charge >= 0.3 is 6.18 Å². The molecular formula is C18H10Br2ClF4N3O. The van der Waals surface area contributed by atoms with Crippen LogP contribution in [0.5, 0.6) is 0 Å². The number of carbonyl (C=O) groups is 1. The van der Waals surface area contributed by atoms with E-state index in [-0.39, 0.29) is 36.5 Å². The number of carbonyl (C=O) groups excluding carboxylic acids is 1. The van der Waals surface area contributed by atoms with Crippen molar-refractivity contribution in [1.82, 2.24) is 0 Å². The molecule has 2 aromatic rings. The van der Waals surface area contributed by atoms with Gasteiger partial charge in [0.05, 0.1) is 38.4 Å². The molecule has 0 radical (unpaired) electrons. The van der Waals surface area contributed by atoms with E-state index < -0.39 is 43.3 Å². The highest BCUT2D eigenvalue weighted by molar-refractivity contribution is 9.11. The molecule has 2 aliphatic rings. The number of alkyl halides is 3. The Balaban J connectivity index is 1.97. The summed E-state index contributed by atoms with van der Waals surface area (Å²) in [5.74, 6) is -2.14. The summed E-state index contributed by atoms with van der Waals surface area (Å²) >= 11 is 12.4. The Morgan fingerprint density at radius 2 is 2.03 bits per heavy atom. The predicted octanol–water partition coefficient (Wildman–Crippen LogP) is 5.79. The van der Waals surface area contributed by atoms with Gasteiger partial charge in [0.25, 0.3) is 0 Å². The second-order valence-corrected chi connectivity index (χ2v) is 8.10. The normalized spacial score (nSPS) is 21.0. The Morgan fingerprint density at radius 3 is 2.72 bits per heavy atom. The zero-order valence-electron chi connectivity index (χ0n) is 17.9. The fourth-order valence-electron chi connectivity index (χ4n) is 3.03. The highest BCUT2D eigenvalue weighted by atomic mass is 79.9. The first-order valence-electron chi connectivity index (χ1n) is 9.83. The molecule has 11 heteroatoms. The summed E-state index contributed by atoms with van der Waals surface area (Å²) in [5, 5.41) is -0.0746. The Morgan fingerprint density at radius 1 is 1.31 bits per heavy atom. The van der Waals surface area contributed by atoms with Crippen molar-refractivity contribution >= 4 is 66.6 Å². The van der Waals surface area contributed by atoms with E-state index >= 15 is 0 Å². The Hall–Kier alpha value is -1.65. The van der Waals surface area contributed by atoms with Crippen LogP contribution in [-0.4, -0.2) is 37.5 Å². The number of hydrogen-bond donors (Lipinski definition) is 0. The van der Waals surface area contributed by atoms with E-state index in [0.717, 1.165) is 12.1 Å². The third kappa shape index (κ3) is 3.55. The minimum absolute atomic E-state index is 0.0240. The van der Waals surface area contributed by atoms with Gasteiger partial charge in [-0.3, -0.25) is 9.79 Å². The molecule has 0 spiro atoms. The molecule has 0 saturated heterocycles. The van der Waals surface area contributed by atoms with Crippen molar-refractivity contribution in [1.29, 1.82) is 0 Å². The van der Waals surface area contributed by atoms with E-state index in [1.54, 1.807) is 0 Å². The van der Waals surface area contributed by atoms with E-state index in [4.69, 9.17) is 17.1 Å². The molecule has 4 nitrogen and oxygen atoms in total. The van der Waals surface area contributed by atoms with Crippen molar-refractivity contribution in [2.45, 2.75) is 6.18 Å². The van der Waals surface area contributed by atoms with Crippen LogP contribution in [0.4, 0.5) is 28.9 Å². The second-order valence-electron chi connectivity index (χ2n) is 6.04. The highest BCUT2D eigenvalue weighted by Crippen LogP contribution is 2.49. The van der Waals surface area contributed by atoms with Gasteiger partial charge in [0.1, 0.15) is 12.4 Å². The molecule has 0 fully saturated rings. The minimum atomic E-state index is -4.74. The lowest BCUT2D eigenvalue weighted by molar-refractivity contribution is -0.117. The first-order valence-corrected chi connectivity index (χ1v) is 9.79. The molecule has 152 valence electrons. The molecule has 0 N–H and O–H groups in total. The maximum Gasteiger partial charge on any atom is 0.406 e. The summed E-state index contributed by atoms with van der Waals surface area (Å²) in [4.78, 5) is 18.1. The van der Waals surface area contributed by atoms with Crippen molar-refractivity contribution in [3.05, 3.63) is 55.2 Å². The molecule has 0 atom stereocenters. The monoisotopic (exact) mass is 557 g/mol. The van der Waals surface area contributed by atoms with Gasteiger partial charge in [0.2, 0.25) is 5.96 Å². The van der Waals surface area contributed by atoms with E-state index in [1.807, 2.05) is 0 Å². The number of halogens is 7. The summed E-state index contributed by atoms with van der Waals surface area (Å²) in [7, 11) is 0. The lowest BCUT2D eigenvalue weighted by Crippen LogP contribution is -2.41.